The molecule has 1 rings (SSSR count). The van der Waals surface area contributed by atoms with Gasteiger partial charge in [0.2, 0.25) is 0 Å². The van der Waals surface area contributed by atoms with E-state index in [9.17, 15) is 13.6 Å². The van der Waals surface area contributed by atoms with Crippen molar-refractivity contribution in [3.8, 4) is 0 Å². The molecule has 0 unspecified atom stereocenters. The summed E-state index contributed by atoms with van der Waals surface area (Å²) in [4.78, 5) is 14.5. The van der Waals surface area contributed by atoms with Crippen molar-refractivity contribution in [2.24, 2.45) is 0 Å². The average molecular weight is 250 g/mol. The van der Waals surface area contributed by atoms with Gasteiger partial charge in [-0.25, -0.2) is 4.79 Å². The van der Waals surface area contributed by atoms with Crippen LogP contribution in [0.25, 0.3) is 0 Å². The van der Waals surface area contributed by atoms with Crippen LogP contribution >= 0.6 is 11.6 Å². The maximum atomic E-state index is 13.5. The van der Waals surface area contributed by atoms with E-state index in [1.165, 1.54) is 19.2 Å². The highest BCUT2D eigenvalue weighted by atomic mass is 35.5. The standard InChI is InChI=1S/C10H10ClF2NO2/c1-3-16-9(15)10(12,13)8-7(11)4-6(2)5-14-8/h4-5H,3H2,1-2H3. The van der Waals surface area contributed by atoms with Gasteiger partial charge in [-0.15, -0.1) is 0 Å². The molecule has 0 aliphatic carbocycles. The Morgan fingerprint density at radius 2 is 2.25 bits per heavy atom. The Morgan fingerprint density at radius 1 is 1.62 bits per heavy atom. The van der Waals surface area contributed by atoms with Crippen molar-refractivity contribution >= 4 is 17.6 Å². The van der Waals surface area contributed by atoms with Gasteiger partial charge in [-0.05, 0) is 25.5 Å². The van der Waals surface area contributed by atoms with Crippen LogP contribution in [0.1, 0.15) is 18.2 Å². The minimum absolute atomic E-state index is 0.127. The van der Waals surface area contributed by atoms with Gasteiger partial charge in [0.15, 0.2) is 0 Å². The normalized spacial score (nSPS) is 11.3. The molecule has 3 nitrogen and oxygen atoms in total. The van der Waals surface area contributed by atoms with Crippen molar-refractivity contribution in [1.29, 1.82) is 0 Å². The number of nitrogens with zero attached hydrogens (tertiary/aromatic N) is 1. The summed E-state index contributed by atoms with van der Waals surface area (Å²) in [5.41, 5.74) is -0.147. The number of aromatic nitrogens is 1. The van der Waals surface area contributed by atoms with E-state index >= 15 is 0 Å². The highest BCUT2D eigenvalue weighted by Crippen LogP contribution is 2.33. The third-order valence-electron chi connectivity index (χ3n) is 1.81. The number of carbonyl (C=O) groups is 1. The number of esters is 1. The van der Waals surface area contributed by atoms with E-state index in [-0.39, 0.29) is 11.6 Å². The second-order valence-corrected chi connectivity index (χ2v) is 3.55. The molecule has 0 aliphatic heterocycles. The minimum Gasteiger partial charge on any atom is -0.461 e. The van der Waals surface area contributed by atoms with Gasteiger partial charge in [-0.1, -0.05) is 11.6 Å². The molecule has 0 aromatic carbocycles. The fraction of sp³-hybridized carbons (Fsp3) is 0.400. The van der Waals surface area contributed by atoms with Crippen molar-refractivity contribution < 1.29 is 18.3 Å². The van der Waals surface area contributed by atoms with E-state index < -0.39 is 17.6 Å². The van der Waals surface area contributed by atoms with Crippen LogP contribution < -0.4 is 0 Å². The third kappa shape index (κ3) is 2.47. The Labute approximate surface area is 96.4 Å². The number of hydrogen-bond acceptors (Lipinski definition) is 3. The van der Waals surface area contributed by atoms with Crippen LogP contribution in [0, 0.1) is 6.92 Å². The van der Waals surface area contributed by atoms with Crippen LogP contribution in [0.5, 0.6) is 0 Å². The number of aryl methyl sites for hydroxylation is 1. The fourth-order valence-electron chi connectivity index (χ4n) is 1.08. The molecule has 0 N–H and O–H groups in total. The summed E-state index contributed by atoms with van der Waals surface area (Å²) in [5, 5.41) is -0.252. The molecular weight excluding hydrogens is 240 g/mol. The molecule has 1 heterocycles. The van der Waals surface area contributed by atoms with Crippen LogP contribution in [0.15, 0.2) is 12.3 Å². The number of hydrogen-bond donors (Lipinski definition) is 0. The van der Waals surface area contributed by atoms with E-state index in [2.05, 4.69) is 9.72 Å². The first-order chi connectivity index (χ1) is 7.39. The number of halogens is 3. The Balaban J connectivity index is 3.11. The second-order valence-electron chi connectivity index (χ2n) is 3.14. The smallest absolute Gasteiger partial charge is 0.385 e. The van der Waals surface area contributed by atoms with Gasteiger partial charge >= 0.3 is 11.9 Å². The van der Waals surface area contributed by atoms with Crippen molar-refractivity contribution in [1.82, 2.24) is 4.98 Å². The summed E-state index contributed by atoms with van der Waals surface area (Å²) in [6, 6.07) is 1.32. The zero-order valence-electron chi connectivity index (χ0n) is 8.76. The molecule has 16 heavy (non-hydrogen) atoms. The van der Waals surface area contributed by atoms with E-state index in [1.807, 2.05) is 0 Å². The average Bonchev–Trinajstić information content (AvgIpc) is 2.17. The number of ether oxygens (including phenoxy) is 1. The van der Waals surface area contributed by atoms with E-state index in [4.69, 9.17) is 11.6 Å². The van der Waals surface area contributed by atoms with Crippen LogP contribution in [0.2, 0.25) is 5.02 Å². The summed E-state index contributed by atoms with van der Waals surface area (Å²) in [5.74, 6) is -5.46. The zero-order chi connectivity index (χ0) is 12.3. The molecule has 1 aromatic rings. The highest BCUT2D eigenvalue weighted by Gasteiger charge is 2.45. The number of carbonyl (C=O) groups excluding carboxylic acids is 1. The minimum atomic E-state index is -3.82. The summed E-state index contributed by atoms with van der Waals surface area (Å²) < 4.78 is 31.3. The Kier molecular flexibility index (Phi) is 3.80. The molecule has 0 aliphatic rings. The molecule has 0 atom stereocenters. The molecule has 88 valence electrons. The number of alkyl halides is 2. The van der Waals surface area contributed by atoms with Gasteiger partial charge in [-0.3, -0.25) is 4.98 Å². The zero-order valence-corrected chi connectivity index (χ0v) is 9.52. The molecule has 0 amide bonds. The first-order valence-electron chi connectivity index (χ1n) is 4.57. The molecule has 0 fully saturated rings. The van der Waals surface area contributed by atoms with Gasteiger partial charge in [0, 0.05) is 6.20 Å². The van der Waals surface area contributed by atoms with Crippen LogP contribution in [-0.2, 0) is 15.5 Å². The van der Waals surface area contributed by atoms with Crippen LogP contribution in [0.3, 0.4) is 0 Å². The second kappa shape index (κ2) is 4.74. The van der Waals surface area contributed by atoms with E-state index in [1.54, 1.807) is 6.92 Å². The molecule has 0 bridgehead atoms. The summed E-state index contributed by atoms with van der Waals surface area (Å²) in [6.45, 7) is 2.97. The maximum absolute atomic E-state index is 13.5. The number of pyridine rings is 1. The molecule has 1 aromatic heterocycles. The van der Waals surface area contributed by atoms with Crippen LogP contribution in [0.4, 0.5) is 8.78 Å². The Hall–Kier alpha value is -1.23. The van der Waals surface area contributed by atoms with Gasteiger partial charge in [0.1, 0.15) is 5.69 Å². The monoisotopic (exact) mass is 249 g/mol. The summed E-state index contributed by atoms with van der Waals surface area (Å²) in [7, 11) is 0. The quantitative estimate of drug-likeness (QED) is 0.773. The van der Waals surface area contributed by atoms with Crippen LogP contribution in [-0.4, -0.2) is 17.6 Å². The van der Waals surface area contributed by atoms with Crippen molar-refractivity contribution in [2.45, 2.75) is 19.8 Å². The molecule has 0 spiro atoms. The lowest BCUT2D eigenvalue weighted by Gasteiger charge is -2.15. The molecule has 0 radical (unpaired) electrons. The fourth-order valence-corrected chi connectivity index (χ4v) is 1.42. The molecule has 6 heteroatoms. The molecule has 0 saturated carbocycles. The predicted octanol–water partition coefficient (Wildman–Crippen LogP) is 2.70. The van der Waals surface area contributed by atoms with E-state index in [0.29, 0.717) is 5.56 Å². The van der Waals surface area contributed by atoms with Crippen molar-refractivity contribution in [3.63, 3.8) is 0 Å². The predicted molar refractivity (Wildman–Crippen MR) is 54.5 cm³/mol. The lowest BCUT2D eigenvalue weighted by Crippen LogP contribution is -2.29. The summed E-state index contributed by atoms with van der Waals surface area (Å²) >= 11 is 5.61. The van der Waals surface area contributed by atoms with Gasteiger partial charge in [0.25, 0.3) is 0 Å². The van der Waals surface area contributed by atoms with E-state index in [0.717, 1.165) is 0 Å². The summed E-state index contributed by atoms with van der Waals surface area (Å²) in [6.07, 6.45) is 1.22. The first-order valence-corrected chi connectivity index (χ1v) is 4.95. The lowest BCUT2D eigenvalue weighted by atomic mass is 10.2. The largest absolute Gasteiger partial charge is 0.461 e. The first kappa shape index (κ1) is 12.8. The SMILES string of the molecule is CCOC(=O)C(F)(F)c1ncc(C)cc1Cl. The Bertz CT molecular complexity index is 410. The molecule has 0 saturated heterocycles. The van der Waals surface area contributed by atoms with Gasteiger partial charge < -0.3 is 4.74 Å². The topological polar surface area (TPSA) is 39.2 Å². The van der Waals surface area contributed by atoms with Crippen molar-refractivity contribution in [3.05, 3.63) is 28.5 Å². The van der Waals surface area contributed by atoms with Crippen molar-refractivity contribution in [2.75, 3.05) is 6.61 Å². The van der Waals surface area contributed by atoms with Gasteiger partial charge in [-0.2, -0.15) is 8.78 Å². The van der Waals surface area contributed by atoms with Gasteiger partial charge in [0.05, 0.1) is 11.6 Å². The number of rotatable bonds is 3. The maximum Gasteiger partial charge on any atom is 0.385 e. The lowest BCUT2D eigenvalue weighted by molar-refractivity contribution is -0.173. The molecular formula is C10H10ClF2NO2. The third-order valence-corrected chi connectivity index (χ3v) is 2.10. The Morgan fingerprint density at radius 3 is 2.75 bits per heavy atom. The highest BCUT2D eigenvalue weighted by molar-refractivity contribution is 6.31.